The monoisotopic (exact) mass is 545 g/mol. The summed E-state index contributed by atoms with van der Waals surface area (Å²) in [6.07, 6.45) is 1.91. The zero-order valence-electron chi connectivity index (χ0n) is 21.9. The molecule has 0 saturated heterocycles. The lowest BCUT2D eigenvalue weighted by atomic mass is 9.96. The molecule has 2 aromatic carbocycles. The number of carbonyl (C=O) groups is 1. The second-order valence-corrected chi connectivity index (χ2v) is 10.7. The minimum absolute atomic E-state index is 0.214. The van der Waals surface area contributed by atoms with E-state index < -0.39 is 12.0 Å². The number of rotatable bonds is 5. The van der Waals surface area contributed by atoms with Crippen molar-refractivity contribution < 1.29 is 9.53 Å². The van der Waals surface area contributed by atoms with Gasteiger partial charge in [-0.2, -0.15) is 0 Å². The molecule has 38 heavy (non-hydrogen) atoms. The van der Waals surface area contributed by atoms with Crippen LogP contribution in [0.4, 0.5) is 0 Å². The van der Waals surface area contributed by atoms with Gasteiger partial charge in [-0.05, 0) is 76.1 Å². The first-order valence-electron chi connectivity index (χ1n) is 12.4. The molecule has 1 aliphatic rings. The van der Waals surface area contributed by atoms with Crippen LogP contribution in [0, 0.1) is 20.8 Å². The normalized spacial score (nSPS) is 15.4. The predicted molar refractivity (Wildman–Crippen MR) is 152 cm³/mol. The molecule has 0 amide bonds. The third-order valence-corrected chi connectivity index (χ3v) is 8.09. The molecule has 0 saturated carbocycles. The van der Waals surface area contributed by atoms with Crippen molar-refractivity contribution in [3.8, 4) is 5.69 Å². The number of hydrogen-bond acceptors (Lipinski definition) is 5. The van der Waals surface area contributed by atoms with E-state index in [1.165, 1.54) is 16.9 Å². The molecule has 3 heterocycles. The summed E-state index contributed by atoms with van der Waals surface area (Å²) in [4.78, 5) is 32.1. The highest BCUT2D eigenvalue weighted by molar-refractivity contribution is 7.07. The van der Waals surface area contributed by atoms with Gasteiger partial charge in [0.15, 0.2) is 4.80 Å². The Morgan fingerprint density at radius 2 is 1.82 bits per heavy atom. The maximum absolute atomic E-state index is 13.9. The van der Waals surface area contributed by atoms with Crippen molar-refractivity contribution >= 4 is 35.0 Å². The van der Waals surface area contributed by atoms with Crippen LogP contribution in [0.2, 0.25) is 5.02 Å². The molecule has 1 atom stereocenters. The topological polar surface area (TPSA) is 65.6 Å². The van der Waals surface area contributed by atoms with E-state index in [1.807, 2.05) is 31.2 Å². The van der Waals surface area contributed by atoms with Gasteiger partial charge >= 0.3 is 5.97 Å². The Morgan fingerprint density at radius 3 is 2.50 bits per heavy atom. The number of aromatic nitrogens is 2. The molecule has 0 N–H and O–H groups in total. The van der Waals surface area contributed by atoms with Crippen molar-refractivity contribution in [3.05, 3.63) is 119 Å². The molecule has 2 aromatic heterocycles. The molecule has 0 aliphatic carbocycles. The van der Waals surface area contributed by atoms with Gasteiger partial charge in [-0.25, -0.2) is 9.79 Å². The molecule has 4 aromatic rings. The van der Waals surface area contributed by atoms with Crippen LogP contribution in [0.25, 0.3) is 11.8 Å². The molecular weight excluding hydrogens is 518 g/mol. The Balaban J connectivity index is 1.70. The van der Waals surface area contributed by atoms with Crippen molar-refractivity contribution in [2.24, 2.45) is 4.99 Å². The number of carbonyl (C=O) groups excluding carboxylic acids is 1. The van der Waals surface area contributed by atoms with Gasteiger partial charge in [-0.15, -0.1) is 0 Å². The highest BCUT2D eigenvalue weighted by Gasteiger charge is 2.34. The summed E-state index contributed by atoms with van der Waals surface area (Å²) in [6.45, 7) is 9.90. The van der Waals surface area contributed by atoms with Gasteiger partial charge in [0.05, 0.1) is 22.4 Å². The largest absolute Gasteiger partial charge is 0.463 e. The molecule has 194 valence electrons. The Labute approximate surface area is 229 Å². The number of ether oxygens (including phenoxy) is 1. The van der Waals surface area contributed by atoms with Crippen molar-refractivity contribution in [1.82, 2.24) is 9.13 Å². The van der Waals surface area contributed by atoms with E-state index in [9.17, 15) is 9.59 Å². The van der Waals surface area contributed by atoms with Crippen molar-refractivity contribution in [2.75, 3.05) is 6.61 Å². The minimum atomic E-state index is -0.735. The highest BCUT2D eigenvalue weighted by Crippen LogP contribution is 2.34. The van der Waals surface area contributed by atoms with Crippen LogP contribution < -0.4 is 14.9 Å². The van der Waals surface area contributed by atoms with E-state index in [4.69, 9.17) is 16.3 Å². The Hall–Kier alpha value is -3.68. The van der Waals surface area contributed by atoms with E-state index in [-0.39, 0.29) is 12.2 Å². The van der Waals surface area contributed by atoms with E-state index in [1.54, 1.807) is 24.5 Å². The summed E-state index contributed by atoms with van der Waals surface area (Å²) in [5.74, 6) is -0.505. The first-order chi connectivity index (χ1) is 18.2. The average molecular weight is 546 g/mol. The molecule has 5 rings (SSSR count). The molecule has 0 radical (unpaired) electrons. The Morgan fingerprint density at radius 1 is 1.11 bits per heavy atom. The Kier molecular flexibility index (Phi) is 6.99. The summed E-state index contributed by atoms with van der Waals surface area (Å²) < 4.78 is 9.63. The fourth-order valence-corrected chi connectivity index (χ4v) is 6.23. The summed E-state index contributed by atoms with van der Waals surface area (Å²) in [7, 11) is 0. The van der Waals surface area contributed by atoms with Crippen LogP contribution in [-0.2, 0) is 9.53 Å². The fraction of sp³-hybridized carbons (Fsp3) is 0.233. The average Bonchev–Trinajstić information content (AvgIpc) is 3.33. The lowest BCUT2D eigenvalue weighted by Gasteiger charge is -2.25. The van der Waals surface area contributed by atoms with Crippen LogP contribution in [0.1, 0.15) is 48.0 Å². The number of nitrogens with zero attached hydrogens (tertiary/aromatic N) is 3. The zero-order valence-corrected chi connectivity index (χ0v) is 23.5. The van der Waals surface area contributed by atoms with Gasteiger partial charge in [-0.3, -0.25) is 9.36 Å². The second kappa shape index (κ2) is 10.2. The number of thiazole rings is 1. The van der Waals surface area contributed by atoms with E-state index >= 15 is 0 Å². The minimum Gasteiger partial charge on any atom is -0.463 e. The number of allylic oxidation sites excluding steroid dienone is 1. The molecule has 0 spiro atoms. The van der Waals surface area contributed by atoms with Gasteiger partial charge in [0.1, 0.15) is 6.04 Å². The highest BCUT2D eigenvalue weighted by atomic mass is 35.5. The van der Waals surface area contributed by atoms with Crippen LogP contribution in [0.15, 0.2) is 75.7 Å². The summed E-state index contributed by atoms with van der Waals surface area (Å²) in [6, 6.07) is 17.0. The molecule has 1 aliphatic heterocycles. The van der Waals surface area contributed by atoms with Gasteiger partial charge in [0.25, 0.3) is 5.56 Å². The van der Waals surface area contributed by atoms with Crippen LogP contribution in [0.3, 0.4) is 0 Å². The quantitative estimate of drug-likeness (QED) is 0.325. The number of halogens is 1. The standard InChI is InChI=1S/C30H28ClN3O3S/c1-6-37-29(36)26-19(4)32-30-34(27(26)23-9-7-8-10-24(23)31)28(35)25(38-30)16-21-15-18(3)33(20(21)5)22-13-11-17(2)12-14-22/h7-16,27H,6H2,1-5H3. The van der Waals surface area contributed by atoms with Gasteiger partial charge in [0.2, 0.25) is 0 Å². The SMILES string of the molecule is CCOC(=O)C1=C(C)N=c2sc(=Cc3cc(C)n(-c4ccc(C)cc4)c3C)c(=O)n2C1c1ccccc1Cl. The summed E-state index contributed by atoms with van der Waals surface area (Å²) >= 11 is 7.89. The molecule has 6 nitrogen and oxygen atoms in total. The fourth-order valence-electron chi connectivity index (χ4n) is 4.95. The van der Waals surface area contributed by atoms with E-state index in [0.717, 1.165) is 22.6 Å². The maximum Gasteiger partial charge on any atom is 0.338 e. The predicted octanol–water partition coefficient (Wildman–Crippen LogP) is 5.17. The smallest absolute Gasteiger partial charge is 0.338 e. The second-order valence-electron chi connectivity index (χ2n) is 9.32. The summed E-state index contributed by atoms with van der Waals surface area (Å²) in [5, 5.41) is 0.463. The first kappa shape index (κ1) is 25.9. The zero-order chi connectivity index (χ0) is 27.1. The van der Waals surface area contributed by atoms with Crippen molar-refractivity contribution in [1.29, 1.82) is 0 Å². The number of aryl methyl sites for hydroxylation is 2. The number of benzene rings is 2. The third kappa shape index (κ3) is 4.46. The van der Waals surface area contributed by atoms with Gasteiger partial charge < -0.3 is 9.30 Å². The lowest BCUT2D eigenvalue weighted by Crippen LogP contribution is -2.40. The molecule has 0 fully saturated rings. The Bertz CT molecular complexity index is 1770. The van der Waals surface area contributed by atoms with Gasteiger partial charge in [-0.1, -0.05) is 58.8 Å². The van der Waals surface area contributed by atoms with Crippen LogP contribution in [-0.4, -0.2) is 21.7 Å². The molecule has 1 unspecified atom stereocenters. The van der Waals surface area contributed by atoms with Gasteiger partial charge in [0, 0.05) is 22.1 Å². The molecular formula is C30H28ClN3O3S. The van der Waals surface area contributed by atoms with Crippen molar-refractivity contribution in [2.45, 2.75) is 40.7 Å². The molecule has 8 heteroatoms. The van der Waals surface area contributed by atoms with E-state index in [0.29, 0.717) is 31.2 Å². The van der Waals surface area contributed by atoms with Crippen molar-refractivity contribution in [3.63, 3.8) is 0 Å². The van der Waals surface area contributed by atoms with Crippen LogP contribution in [0.5, 0.6) is 0 Å². The lowest BCUT2D eigenvalue weighted by molar-refractivity contribution is -0.139. The number of hydrogen-bond donors (Lipinski definition) is 0. The number of fused-ring (bicyclic) bond motifs is 1. The van der Waals surface area contributed by atoms with Crippen LogP contribution >= 0.6 is 22.9 Å². The number of esters is 1. The molecule has 0 bridgehead atoms. The van der Waals surface area contributed by atoms with E-state index in [2.05, 4.69) is 53.7 Å². The first-order valence-corrected chi connectivity index (χ1v) is 13.6. The maximum atomic E-state index is 13.9. The summed E-state index contributed by atoms with van der Waals surface area (Å²) in [5.41, 5.74) is 6.56. The third-order valence-electron chi connectivity index (χ3n) is 6.77.